The van der Waals surface area contributed by atoms with E-state index in [4.69, 9.17) is 15.2 Å². The zero-order chi connectivity index (χ0) is 13.7. The van der Waals surface area contributed by atoms with Gasteiger partial charge in [0.05, 0.1) is 13.7 Å². The van der Waals surface area contributed by atoms with Crippen LogP contribution in [0, 0.1) is 6.92 Å². The number of phenols is 1. The number of aromatic hydroxyl groups is 1. The van der Waals surface area contributed by atoms with E-state index in [0.717, 1.165) is 0 Å². The summed E-state index contributed by atoms with van der Waals surface area (Å²) in [5, 5.41) is 9.91. The minimum absolute atomic E-state index is 0.135. The average molecular weight is 253 g/mol. The number of carbonyl (C=O) groups is 1. The molecule has 0 saturated carbocycles. The molecule has 5 nitrogen and oxygen atoms in total. The number of carbonyl (C=O) groups excluding carboxylic acids is 1. The second kappa shape index (κ2) is 6.26. The second-order valence-corrected chi connectivity index (χ2v) is 4.01. The number of benzene rings is 1. The van der Waals surface area contributed by atoms with Gasteiger partial charge in [-0.2, -0.15) is 0 Å². The molecular weight excluding hydrogens is 234 g/mol. The van der Waals surface area contributed by atoms with Gasteiger partial charge in [0.1, 0.15) is 17.5 Å². The van der Waals surface area contributed by atoms with Gasteiger partial charge in [-0.15, -0.1) is 0 Å². The highest BCUT2D eigenvalue weighted by atomic mass is 16.5. The van der Waals surface area contributed by atoms with Crippen molar-refractivity contribution in [3.05, 3.63) is 23.3 Å². The van der Waals surface area contributed by atoms with E-state index in [1.807, 2.05) is 0 Å². The third-order valence-corrected chi connectivity index (χ3v) is 2.62. The van der Waals surface area contributed by atoms with Gasteiger partial charge in [-0.25, -0.2) is 0 Å². The standard InChI is InChI=1S/C13H19NO4/c1-4-18-13(16)11(14)7-9-6-10(17-3)5-8(2)12(9)15/h5-6,11,15H,4,7,14H2,1-3H3. The van der Waals surface area contributed by atoms with Crippen LogP contribution in [-0.4, -0.2) is 30.8 Å². The summed E-state index contributed by atoms with van der Waals surface area (Å²) in [6.45, 7) is 3.77. The lowest BCUT2D eigenvalue weighted by Crippen LogP contribution is -2.34. The number of hydrogen-bond acceptors (Lipinski definition) is 5. The van der Waals surface area contributed by atoms with Crippen LogP contribution >= 0.6 is 0 Å². The Morgan fingerprint density at radius 3 is 2.72 bits per heavy atom. The van der Waals surface area contributed by atoms with E-state index in [0.29, 0.717) is 16.9 Å². The quantitative estimate of drug-likeness (QED) is 0.769. The number of hydrogen-bond donors (Lipinski definition) is 2. The molecule has 1 aromatic carbocycles. The lowest BCUT2D eigenvalue weighted by atomic mass is 10.0. The Bertz CT molecular complexity index is 431. The van der Waals surface area contributed by atoms with Crippen LogP contribution in [0.15, 0.2) is 12.1 Å². The summed E-state index contributed by atoms with van der Waals surface area (Å²) >= 11 is 0. The van der Waals surface area contributed by atoms with Gasteiger partial charge in [0.25, 0.3) is 0 Å². The van der Waals surface area contributed by atoms with E-state index in [1.54, 1.807) is 33.1 Å². The fraction of sp³-hybridized carbons (Fsp3) is 0.462. The summed E-state index contributed by atoms with van der Waals surface area (Å²) in [6, 6.07) is 2.60. The molecule has 1 unspecified atom stereocenters. The van der Waals surface area contributed by atoms with Crippen LogP contribution < -0.4 is 10.5 Å². The van der Waals surface area contributed by atoms with Crippen molar-refractivity contribution < 1.29 is 19.4 Å². The highest BCUT2D eigenvalue weighted by Crippen LogP contribution is 2.28. The molecule has 0 heterocycles. The summed E-state index contributed by atoms with van der Waals surface area (Å²) in [7, 11) is 1.54. The van der Waals surface area contributed by atoms with Crippen LogP contribution in [0.5, 0.6) is 11.5 Å². The number of methoxy groups -OCH3 is 1. The molecule has 0 spiro atoms. The van der Waals surface area contributed by atoms with Crippen molar-refractivity contribution >= 4 is 5.97 Å². The third-order valence-electron chi connectivity index (χ3n) is 2.62. The van der Waals surface area contributed by atoms with Crippen molar-refractivity contribution in [2.45, 2.75) is 26.3 Å². The van der Waals surface area contributed by atoms with Gasteiger partial charge in [0, 0.05) is 6.42 Å². The molecule has 3 N–H and O–H groups in total. The minimum Gasteiger partial charge on any atom is -0.507 e. The van der Waals surface area contributed by atoms with Crippen molar-refractivity contribution in [1.82, 2.24) is 0 Å². The topological polar surface area (TPSA) is 81.8 Å². The van der Waals surface area contributed by atoms with Gasteiger partial charge in [0.2, 0.25) is 0 Å². The van der Waals surface area contributed by atoms with E-state index in [-0.39, 0.29) is 18.8 Å². The van der Waals surface area contributed by atoms with E-state index < -0.39 is 12.0 Å². The molecule has 0 aliphatic carbocycles. The zero-order valence-corrected chi connectivity index (χ0v) is 10.9. The van der Waals surface area contributed by atoms with Gasteiger partial charge >= 0.3 is 5.97 Å². The largest absolute Gasteiger partial charge is 0.507 e. The van der Waals surface area contributed by atoms with Crippen molar-refractivity contribution in [3.63, 3.8) is 0 Å². The van der Waals surface area contributed by atoms with E-state index in [1.165, 1.54) is 0 Å². The lowest BCUT2D eigenvalue weighted by molar-refractivity contribution is -0.144. The van der Waals surface area contributed by atoms with E-state index in [9.17, 15) is 9.90 Å². The Morgan fingerprint density at radius 2 is 2.17 bits per heavy atom. The molecule has 0 fully saturated rings. The van der Waals surface area contributed by atoms with Gasteiger partial charge in [-0.3, -0.25) is 4.79 Å². The van der Waals surface area contributed by atoms with E-state index >= 15 is 0 Å². The maximum Gasteiger partial charge on any atom is 0.323 e. The molecule has 0 aliphatic heterocycles. The first-order valence-electron chi connectivity index (χ1n) is 5.78. The molecule has 0 amide bonds. The molecule has 0 aliphatic rings. The minimum atomic E-state index is -0.789. The maximum absolute atomic E-state index is 11.4. The number of esters is 1. The number of aryl methyl sites for hydroxylation is 1. The fourth-order valence-electron chi connectivity index (χ4n) is 1.66. The Kier molecular flexibility index (Phi) is 4.97. The molecule has 0 bridgehead atoms. The lowest BCUT2D eigenvalue weighted by Gasteiger charge is -2.14. The summed E-state index contributed by atoms with van der Waals surface area (Å²) in [5.74, 6) is 0.282. The molecule has 1 atom stereocenters. The predicted molar refractivity (Wildman–Crippen MR) is 67.7 cm³/mol. The SMILES string of the molecule is CCOC(=O)C(N)Cc1cc(OC)cc(C)c1O. The van der Waals surface area contributed by atoms with Crippen LogP contribution in [0.1, 0.15) is 18.1 Å². The number of phenolic OH excluding ortho intramolecular Hbond substituents is 1. The van der Waals surface area contributed by atoms with Crippen molar-refractivity contribution in [1.29, 1.82) is 0 Å². The normalized spacial score (nSPS) is 12.0. The van der Waals surface area contributed by atoms with Crippen molar-refractivity contribution in [2.24, 2.45) is 5.73 Å². The average Bonchev–Trinajstić information content (AvgIpc) is 2.34. The van der Waals surface area contributed by atoms with Gasteiger partial charge in [-0.05, 0) is 37.1 Å². The number of rotatable bonds is 5. The first-order chi connectivity index (χ1) is 8.49. The Labute approximate surface area is 107 Å². The van der Waals surface area contributed by atoms with Crippen LogP contribution in [0.25, 0.3) is 0 Å². The summed E-state index contributed by atoms with van der Waals surface area (Å²) < 4.78 is 9.94. The van der Waals surface area contributed by atoms with Crippen LogP contribution in [0.4, 0.5) is 0 Å². The Hall–Kier alpha value is -1.75. The summed E-state index contributed by atoms with van der Waals surface area (Å²) in [4.78, 5) is 11.4. The summed E-state index contributed by atoms with van der Waals surface area (Å²) in [5.41, 5.74) is 6.98. The molecule has 1 aromatic rings. The molecule has 0 saturated heterocycles. The van der Waals surface area contributed by atoms with Crippen LogP contribution in [-0.2, 0) is 16.0 Å². The Balaban J connectivity index is 2.89. The molecule has 0 radical (unpaired) electrons. The highest BCUT2D eigenvalue weighted by molar-refractivity contribution is 5.76. The highest BCUT2D eigenvalue weighted by Gasteiger charge is 2.18. The summed E-state index contributed by atoms with van der Waals surface area (Å²) in [6.07, 6.45) is 0.211. The molecule has 0 aromatic heterocycles. The molecule has 5 heteroatoms. The molecule has 18 heavy (non-hydrogen) atoms. The van der Waals surface area contributed by atoms with Crippen LogP contribution in [0.2, 0.25) is 0 Å². The van der Waals surface area contributed by atoms with E-state index in [2.05, 4.69) is 0 Å². The van der Waals surface area contributed by atoms with Crippen molar-refractivity contribution in [3.8, 4) is 11.5 Å². The van der Waals surface area contributed by atoms with Crippen molar-refractivity contribution in [2.75, 3.05) is 13.7 Å². The maximum atomic E-state index is 11.4. The van der Waals surface area contributed by atoms with Gasteiger partial charge < -0.3 is 20.3 Å². The smallest absolute Gasteiger partial charge is 0.323 e. The number of ether oxygens (including phenoxy) is 2. The van der Waals surface area contributed by atoms with Gasteiger partial charge in [0.15, 0.2) is 0 Å². The fourth-order valence-corrected chi connectivity index (χ4v) is 1.66. The number of nitrogens with two attached hydrogens (primary N) is 1. The third kappa shape index (κ3) is 3.37. The molecule has 1 rings (SSSR count). The second-order valence-electron chi connectivity index (χ2n) is 4.01. The first kappa shape index (κ1) is 14.3. The molecule has 100 valence electrons. The molecular formula is C13H19NO4. The first-order valence-corrected chi connectivity index (χ1v) is 5.78. The van der Waals surface area contributed by atoms with Crippen LogP contribution in [0.3, 0.4) is 0 Å². The van der Waals surface area contributed by atoms with Gasteiger partial charge in [-0.1, -0.05) is 0 Å². The zero-order valence-electron chi connectivity index (χ0n) is 10.9. The monoisotopic (exact) mass is 253 g/mol. The predicted octanol–water partition coefficient (Wildman–Crippen LogP) is 1.14. The Morgan fingerprint density at radius 1 is 1.50 bits per heavy atom.